The molecule has 0 spiro atoms. The number of thiazole rings is 1. The van der Waals surface area contributed by atoms with Gasteiger partial charge in [0, 0.05) is 19.6 Å². The van der Waals surface area contributed by atoms with Crippen LogP contribution in [-0.4, -0.2) is 39.3 Å². The Morgan fingerprint density at radius 1 is 1.25 bits per heavy atom. The lowest BCUT2D eigenvalue weighted by molar-refractivity contribution is -0.113. The number of benzene rings is 1. The maximum absolute atomic E-state index is 13.2. The average Bonchev–Trinajstić information content (AvgIpc) is 3.22. The maximum atomic E-state index is 13.2. The number of amides is 1. The lowest BCUT2D eigenvalue weighted by Crippen LogP contribution is -2.29. The summed E-state index contributed by atoms with van der Waals surface area (Å²) in [6, 6.07) is 5.49. The minimum absolute atomic E-state index is 0.0814. The van der Waals surface area contributed by atoms with E-state index >= 15 is 0 Å². The number of aryl methyl sites for hydroxylation is 1. The van der Waals surface area contributed by atoms with Gasteiger partial charge >= 0.3 is 0 Å². The third-order valence-corrected chi connectivity index (χ3v) is 7.66. The number of carbonyl (C=O) groups excluding carboxylic acids is 1. The number of anilines is 2. The van der Waals surface area contributed by atoms with Gasteiger partial charge in [0.05, 0.1) is 16.5 Å². The molecule has 10 heteroatoms. The van der Waals surface area contributed by atoms with E-state index in [1.165, 1.54) is 29.5 Å². The van der Waals surface area contributed by atoms with Crippen molar-refractivity contribution in [2.75, 3.05) is 29.1 Å². The zero-order chi connectivity index (χ0) is 22.7. The second kappa shape index (κ2) is 10.2. The highest BCUT2D eigenvalue weighted by molar-refractivity contribution is 7.99. The number of nitrogens with one attached hydrogen (secondary N) is 1. The van der Waals surface area contributed by atoms with Crippen molar-refractivity contribution >= 4 is 61.8 Å². The Labute approximate surface area is 200 Å². The molecule has 32 heavy (non-hydrogen) atoms. The molecule has 0 saturated carbocycles. The third-order valence-electron chi connectivity index (χ3n) is 5.27. The average molecular weight is 492 g/mol. The lowest BCUT2D eigenvalue weighted by atomic mass is 10.1. The standard InChI is InChI=1S/C22H26ClN5O2S2/c1-3-9-28-20(30)18-19(25-21(32-18)27-10-5-4-6-11-27)26-22(28)31-13-17(29)24-16-8-7-14(2)12-15(16)23/h7-8,12H,3-6,9-11,13H2,1-2H3,(H,24,29). The first-order chi connectivity index (χ1) is 15.5. The van der Waals surface area contributed by atoms with Crippen molar-refractivity contribution in [2.45, 2.75) is 51.2 Å². The smallest absolute Gasteiger partial charge is 0.273 e. The summed E-state index contributed by atoms with van der Waals surface area (Å²) in [4.78, 5) is 37.3. The molecule has 4 rings (SSSR count). The van der Waals surface area contributed by atoms with Gasteiger partial charge in [-0.15, -0.1) is 0 Å². The Balaban J connectivity index is 1.55. The number of fused-ring (bicyclic) bond motifs is 1. The van der Waals surface area contributed by atoms with Gasteiger partial charge < -0.3 is 10.2 Å². The SMILES string of the molecule is CCCn1c(SCC(=O)Nc2ccc(C)cc2Cl)nc2nc(N3CCCCC3)sc2c1=O. The van der Waals surface area contributed by atoms with Gasteiger partial charge in [-0.1, -0.05) is 47.7 Å². The fourth-order valence-electron chi connectivity index (χ4n) is 3.67. The van der Waals surface area contributed by atoms with E-state index in [9.17, 15) is 9.59 Å². The molecule has 1 aromatic carbocycles. The molecular weight excluding hydrogens is 466 g/mol. The van der Waals surface area contributed by atoms with Gasteiger partial charge in [-0.3, -0.25) is 14.2 Å². The molecule has 0 aliphatic carbocycles. The molecule has 0 bridgehead atoms. The van der Waals surface area contributed by atoms with Crippen molar-refractivity contribution in [1.29, 1.82) is 0 Å². The maximum Gasteiger partial charge on any atom is 0.273 e. The van der Waals surface area contributed by atoms with Gasteiger partial charge in [-0.2, -0.15) is 4.98 Å². The summed E-state index contributed by atoms with van der Waals surface area (Å²) in [6.45, 7) is 6.44. The Morgan fingerprint density at radius 3 is 2.75 bits per heavy atom. The van der Waals surface area contributed by atoms with Crippen LogP contribution in [0.25, 0.3) is 10.3 Å². The summed E-state index contributed by atoms with van der Waals surface area (Å²) in [5.74, 6) is -0.0833. The largest absolute Gasteiger partial charge is 0.348 e. The number of hydrogen-bond acceptors (Lipinski definition) is 7. The van der Waals surface area contributed by atoms with Crippen LogP contribution in [0.15, 0.2) is 28.2 Å². The van der Waals surface area contributed by atoms with Crippen molar-refractivity contribution in [3.05, 3.63) is 39.1 Å². The fraction of sp³-hybridized carbons (Fsp3) is 0.455. The first-order valence-corrected chi connectivity index (χ1v) is 13.0. The number of nitrogens with zero attached hydrogens (tertiary/aromatic N) is 4. The molecule has 3 heterocycles. The number of rotatable bonds is 7. The van der Waals surface area contributed by atoms with Crippen LogP contribution in [0.2, 0.25) is 5.02 Å². The van der Waals surface area contributed by atoms with Gasteiger partial charge in [0.2, 0.25) is 5.91 Å². The molecular formula is C22H26ClN5O2S2. The summed E-state index contributed by atoms with van der Waals surface area (Å²) in [6.07, 6.45) is 4.32. The van der Waals surface area contributed by atoms with Crippen LogP contribution in [0.4, 0.5) is 10.8 Å². The molecule has 0 unspecified atom stereocenters. The minimum Gasteiger partial charge on any atom is -0.348 e. The summed E-state index contributed by atoms with van der Waals surface area (Å²) < 4.78 is 2.25. The van der Waals surface area contributed by atoms with Crippen LogP contribution < -0.4 is 15.8 Å². The number of halogens is 1. The molecule has 1 N–H and O–H groups in total. The van der Waals surface area contributed by atoms with Crippen LogP contribution in [0.3, 0.4) is 0 Å². The first-order valence-electron chi connectivity index (χ1n) is 10.8. The second-order valence-electron chi connectivity index (χ2n) is 7.87. The highest BCUT2D eigenvalue weighted by atomic mass is 35.5. The summed E-state index contributed by atoms with van der Waals surface area (Å²) >= 11 is 8.89. The van der Waals surface area contributed by atoms with E-state index < -0.39 is 0 Å². The lowest BCUT2D eigenvalue weighted by Gasteiger charge is -2.25. The molecule has 170 valence electrons. The van der Waals surface area contributed by atoms with Crippen molar-refractivity contribution in [2.24, 2.45) is 0 Å². The molecule has 1 amide bonds. The molecule has 0 radical (unpaired) electrons. The third kappa shape index (κ3) is 5.10. The van der Waals surface area contributed by atoms with E-state index in [0.29, 0.717) is 32.8 Å². The van der Waals surface area contributed by atoms with E-state index in [-0.39, 0.29) is 17.2 Å². The quantitative estimate of drug-likeness (QED) is 0.372. The van der Waals surface area contributed by atoms with E-state index in [4.69, 9.17) is 11.6 Å². The van der Waals surface area contributed by atoms with Crippen LogP contribution in [-0.2, 0) is 11.3 Å². The fourth-order valence-corrected chi connectivity index (χ4v) is 5.77. The van der Waals surface area contributed by atoms with Crippen LogP contribution >= 0.6 is 34.7 Å². The Morgan fingerprint density at radius 2 is 2.03 bits per heavy atom. The number of thioether (sulfide) groups is 1. The Kier molecular flexibility index (Phi) is 7.37. The van der Waals surface area contributed by atoms with Gasteiger partial charge in [0.15, 0.2) is 15.9 Å². The van der Waals surface area contributed by atoms with Crippen molar-refractivity contribution in [3.8, 4) is 0 Å². The van der Waals surface area contributed by atoms with E-state index in [1.807, 2.05) is 19.9 Å². The molecule has 2 aromatic heterocycles. The zero-order valence-electron chi connectivity index (χ0n) is 18.2. The number of hydrogen-bond donors (Lipinski definition) is 1. The van der Waals surface area contributed by atoms with E-state index in [0.717, 1.165) is 43.0 Å². The van der Waals surface area contributed by atoms with Gasteiger partial charge in [0.1, 0.15) is 4.70 Å². The monoisotopic (exact) mass is 491 g/mol. The number of aromatic nitrogens is 3. The molecule has 7 nitrogen and oxygen atoms in total. The predicted molar refractivity (Wildman–Crippen MR) is 134 cm³/mol. The van der Waals surface area contributed by atoms with Gasteiger partial charge in [-0.25, -0.2) is 4.98 Å². The van der Waals surface area contributed by atoms with Gasteiger partial charge in [-0.05, 0) is 50.3 Å². The topological polar surface area (TPSA) is 80.1 Å². The highest BCUT2D eigenvalue weighted by Crippen LogP contribution is 2.29. The number of piperidine rings is 1. The molecule has 0 atom stereocenters. The minimum atomic E-state index is -0.203. The van der Waals surface area contributed by atoms with E-state index in [1.54, 1.807) is 16.7 Å². The second-order valence-corrected chi connectivity index (χ2v) is 10.2. The predicted octanol–water partition coefficient (Wildman–Crippen LogP) is 4.95. The highest BCUT2D eigenvalue weighted by Gasteiger charge is 2.20. The first kappa shape index (κ1) is 23.1. The Hall–Kier alpha value is -2.10. The zero-order valence-corrected chi connectivity index (χ0v) is 20.6. The molecule has 1 fully saturated rings. The molecule has 1 aliphatic heterocycles. The van der Waals surface area contributed by atoms with Crippen molar-refractivity contribution in [1.82, 2.24) is 14.5 Å². The summed E-state index contributed by atoms with van der Waals surface area (Å²) in [5, 5.41) is 4.71. The van der Waals surface area contributed by atoms with Crippen LogP contribution in [0.5, 0.6) is 0 Å². The van der Waals surface area contributed by atoms with Crippen molar-refractivity contribution in [3.63, 3.8) is 0 Å². The summed E-state index contributed by atoms with van der Waals surface area (Å²) in [5.41, 5.74) is 1.98. The molecule has 1 aliphatic rings. The van der Waals surface area contributed by atoms with E-state index in [2.05, 4.69) is 20.2 Å². The van der Waals surface area contributed by atoms with Crippen molar-refractivity contribution < 1.29 is 4.79 Å². The molecule has 1 saturated heterocycles. The van der Waals surface area contributed by atoms with Crippen LogP contribution in [0, 0.1) is 6.92 Å². The van der Waals surface area contributed by atoms with Crippen LogP contribution in [0.1, 0.15) is 38.2 Å². The Bertz CT molecular complexity index is 1190. The van der Waals surface area contributed by atoms with Gasteiger partial charge in [0.25, 0.3) is 5.56 Å². The number of carbonyl (C=O) groups is 1. The molecule has 3 aromatic rings. The summed E-state index contributed by atoms with van der Waals surface area (Å²) in [7, 11) is 0. The normalized spacial score (nSPS) is 14.2.